The molecule has 2 aliphatic rings. The molecular weight excluding hydrogens is 290 g/mol. The van der Waals surface area contributed by atoms with Crippen LogP contribution in [0.25, 0.3) is 0 Å². The fourth-order valence-electron chi connectivity index (χ4n) is 3.51. The van der Waals surface area contributed by atoms with Gasteiger partial charge in [0.25, 0.3) is 5.91 Å². The molecule has 0 aromatic carbocycles. The van der Waals surface area contributed by atoms with Gasteiger partial charge in [0.05, 0.1) is 6.04 Å². The summed E-state index contributed by atoms with van der Waals surface area (Å²) in [5, 5.41) is 0. The Morgan fingerprint density at radius 1 is 1.30 bits per heavy atom. The highest BCUT2D eigenvalue weighted by Gasteiger charge is 2.34. The topological polar surface area (TPSA) is 59.2 Å². The molecule has 0 N–H and O–H groups in total. The zero-order valence-electron chi connectivity index (χ0n) is 13.4. The molecule has 0 spiro atoms. The number of carbonyl (C=O) groups excluding carboxylic acids is 1. The van der Waals surface area contributed by atoms with Crippen molar-refractivity contribution < 1.29 is 9.21 Å². The van der Waals surface area contributed by atoms with Crippen molar-refractivity contribution in [3.63, 3.8) is 0 Å². The number of oxazole rings is 1. The van der Waals surface area contributed by atoms with Crippen LogP contribution in [0.15, 0.2) is 28.9 Å². The first-order chi connectivity index (χ1) is 11.2. The van der Waals surface area contributed by atoms with Crippen LogP contribution in [0.3, 0.4) is 0 Å². The van der Waals surface area contributed by atoms with Crippen LogP contribution >= 0.6 is 0 Å². The van der Waals surface area contributed by atoms with Gasteiger partial charge in [-0.2, -0.15) is 0 Å². The van der Waals surface area contributed by atoms with Crippen molar-refractivity contribution in [1.29, 1.82) is 0 Å². The number of nitrogens with zero attached hydrogens (tertiary/aromatic N) is 3. The number of likely N-dealkylation sites (tertiary alicyclic amines) is 1. The van der Waals surface area contributed by atoms with E-state index >= 15 is 0 Å². The Bertz CT molecular complexity index is 706. The minimum absolute atomic E-state index is 0.0109. The number of pyridine rings is 1. The smallest absolute Gasteiger partial charge is 0.276 e. The summed E-state index contributed by atoms with van der Waals surface area (Å²) in [4.78, 5) is 23.6. The molecule has 1 aliphatic carbocycles. The van der Waals surface area contributed by atoms with E-state index in [1.807, 2.05) is 30.2 Å². The number of hydrogen-bond acceptors (Lipinski definition) is 4. The van der Waals surface area contributed by atoms with Gasteiger partial charge in [0, 0.05) is 24.9 Å². The van der Waals surface area contributed by atoms with Crippen LogP contribution in [-0.4, -0.2) is 27.3 Å². The minimum Gasteiger partial charge on any atom is -0.445 e. The standard InChI is InChI=1S/C18H21N3O2/c1-12-16(20-17(23-12)13-5-2-6-13)18(22)21-10-4-8-15(21)14-7-3-9-19-11-14/h3,7,9,11,13,15H,2,4-6,8,10H2,1H3/t15-/m1/s1. The molecule has 1 atom stereocenters. The van der Waals surface area contributed by atoms with Crippen LogP contribution < -0.4 is 0 Å². The van der Waals surface area contributed by atoms with Crippen LogP contribution in [0, 0.1) is 6.92 Å². The van der Waals surface area contributed by atoms with Gasteiger partial charge in [-0.1, -0.05) is 12.5 Å². The summed E-state index contributed by atoms with van der Waals surface area (Å²) in [5.41, 5.74) is 1.58. The Hall–Kier alpha value is -2.17. The molecule has 2 fully saturated rings. The van der Waals surface area contributed by atoms with E-state index in [-0.39, 0.29) is 11.9 Å². The zero-order valence-corrected chi connectivity index (χ0v) is 13.4. The molecule has 5 heteroatoms. The van der Waals surface area contributed by atoms with E-state index in [2.05, 4.69) is 9.97 Å². The summed E-state index contributed by atoms with van der Waals surface area (Å²) in [5.74, 6) is 1.79. The summed E-state index contributed by atoms with van der Waals surface area (Å²) in [6.07, 6.45) is 9.07. The Kier molecular flexibility index (Phi) is 3.63. The predicted molar refractivity (Wildman–Crippen MR) is 85.1 cm³/mol. The van der Waals surface area contributed by atoms with E-state index in [4.69, 9.17) is 4.42 Å². The van der Waals surface area contributed by atoms with Gasteiger partial charge < -0.3 is 9.32 Å². The number of hydrogen-bond donors (Lipinski definition) is 0. The fourth-order valence-corrected chi connectivity index (χ4v) is 3.51. The lowest BCUT2D eigenvalue weighted by Gasteiger charge is -2.24. The number of aryl methyl sites for hydroxylation is 1. The molecule has 2 aromatic heterocycles. The highest BCUT2D eigenvalue weighted by Crippen LogP contribution is 2.37. The molecule has 3 heterocycles. The summed E-state index contributed by atoms with van der Waals surface area (Å²) >= 11 is 0. The molecule has 4 rings (SSSR count). The van der Waals surface area contributed by atoms with Gasteiger partial charge in [-0.3, -0.25) is 9.78 Å². The second kappa shape index (κ2) is 5.80. The van der Waals surface area contributed by atoms with E-state index in [1.54, 1.807) is 6.20 Å². The molecule has 0 bridgehead atoms. The van der Waals surface area contributed by atoms with Crippen molar-refractivity contribution in [2.24, 2.45) is 0 Å². The molecule has 1 saturated carbocycles. The number of rotatable bonds is 3. The van der Waals surface area contributed by atoms with Gasteiger partial charge >= 0.3 is 0 Å². The fraction of sp³-hybridized carbons (Fsp3) is 0.500. The van der Waals surface area contributed by atoms with Crippen molar-refractivity contribution in [3.05, 3.63) is 47.4 Å². The number of amides is 1. The van der Waals surface area contributed by atoms with Gasteiger partial charge in [-0.05, 0) is 44.2 Å². The first kappa shape index (κ1) is 14.4. The lowest BCUT2D eigenvalue weighted by molar-refractivity contribution is 0.0728. The van der Waals surface area contributed by atoms with Crippen LogP contribution in [-0.2, 0) is 0 Å². The first-order valence-electron chi connectivity index (χ1n) is 8.42. The van der Waals surface area contributed by atoms with Crippen LogP contribution in [0.1, 0.15) is 71.8 Å². The number of carbonyl (C=O) groups is 1. The van der Waals surface area contributed by atoms with E-state index < -0.39 is 0 Å². The lowest BCUT2D eigenvalue weighted by Crippen LogP contribution is -2.31. The SMILES string of the molecule is Cc1oc(C2CCC2)nc1C(=O)N1CCC[C@@H]1c1cccnc1. The average molecular weight is 311 g/mol. The number of aromatic nitrogens is 2. The summed E-state index contributed by atoms with van der Waals surface area (Å²) in [6.45, 7) is 2.61. The second-order valence-corrected chi connectivity index (χ2v) is 6.53. The van der Waals surface area contributed by atoms with E-state index in [0.717, 1.165) is 43.7 Å². The lowest BCUT2D eigenvalue weighted by atomic mass is 9.85. The molecular formula is C18H21N3O2. The van der Waals surface area contributed by atoms with Gasteiger partial charge in [0.15, 0.2) is 11.6 Å². The molecule has 0 radical (unpaired) electrons. The van der Waals surface area contributed by atoms with Crippen molar-refractivity contribution in [3.8, 4) is 0 Å². The third-order valence-corrected chi connectivity index (χ3v) is 5.05. The molecule has 5 nitrogen and oxygen atoms in total. The predicted octanol–water partition coefficient (Wildman–Crippen LogP) is 3.62. The third kappa shape index (κ3) is 2.54. The molecule has 1 amide bonds. The Morgan fingerprint density at radius 2 is 2.17 bits per heavy atom. The normalized spacial score (nSPS) is 21.4. The average Bonchev–Trinajstić information content (AvgIpc) is 3.13. The molecule has 1 saturated heterocycles. The van der Waals surface area contributed by atoms with Crippen LogP contribution in [0.4, 0.5) is 0 Å². The molecule has 23 heavy (non-hydrogen) atoms. The first-order valence-corrected chi connectivity index (χ1v) is 8.42. The Balaban J connectivity index is 1.59. The van der Waals surface area contributed by atoms with E-state index in [1.165, 1.54) is 6.42 Å². The highest BCUT2D eigenvalue weighted by molar-refractivity contribution is 5.93. The Morgan fingerprint density at radius 3 is 2.87 bits per heavy atom. The van der Waals surface area contributed by atoms with Gasteiger partial charge in [-0.15, -0.1) is 0 Å². The summed E-state index contributed by atoms with van der Waals surface area (Å²) in [6, 6.07) is 4.06. The monoisotopic (exact) mass is 311 g/mol. The quantitative estimate of drug-likeness (QED) is 0.868. The Labute approximate surface area is 135 Å². The van der Waals surface area contributed by atoms with Crippen molar-refractivity contribution in [1.82, 2.24) is 14.9 Å². The van der Waals surface area contributed by atoms with E-state index in [9.17, 15) is 4.79 Å². The maximum atomic E-state index is 13.0. The van der Waals surface area contributed by atoms with Crippen LogP contribution in [0.5, 0.6) is 0 Å². The van der Waals surface area contributed by atoms with Gasteiger partial charge in [0.2, 0.25) is 0 Å². The molecule has 1 aliphatic heterocycles. The molecule has 0 unspecified atom stereocenters. The maximum Gasteiger partial charge on any atom is 0.276 e. The molecule has 2 aromatic rings. The van der Waals surface area contributed by atoms with E-state index in [0.29, 0.717) is 17.4 Å². The van der Waals surface area contributed by atoms with Gasteiger partial charge in [0.1, 0.15) is 5.76 Å². The largest absolute Gasteiger partial charge is 0.445 e. The minimum atomic E-state index is -0.0109. The van der Waals surface area contributed by atoms with Gasteiger partial charge in [-0.25, -0.2) is 4.98 Å². The maximum absolute atomic E-state index is 13.0. The summed E-state index contributed by atoms with van der Waals surface area (Å²) < 4.78 is 5.77. The van der Waals surface area contributed by atoms with Crippen molar-refractivity contribution >= 4 is 5.91 Å². The van der Waals surface area contributed by atoms with Crippen molar-refractivity contribution in [2.75, 3.05) is 6.54 Å². The molecule has 120 valence electrons. The van der Waals surface area contributed by atoms with Crippen molar-refractivity contribution in [2.45, 2.75) is 51.0 Å². The second-order valence-electron chi connectivity index (χ2n) is 6.53. The zero-order chi connectivity index (χ0) is 15.8. The van der Waals surface area contributed by atoms with Crippen LogP contribution in [0.2, 0.25) is 0 Å². The summed E-state index contributed by atoms with van der Waals surface area (Å²) in [7, 11) is 0. The third-order valence-electron chi connectivity index (χ3n) is 5.05. The highest BCUT2D eigenvalue weighted by atomic mass is 16.4.